The molecule has 3 heteroatoms. The quantitative estimate of drug-likeness (QED) is 0.796. The zero-order valence-electron chi connectivity index (χ0n) is 9.03. The SMILES string of the molecule is CC(C)Cn1nccc1C1(N)CCC1. The average molecular weight is 193 g/mol. The molecule has 0 unspecified atom stereocenters. The van der Waals surface area contributed by atoms with E-state index in [9.17, 15) is 0 Å². The van der Waals surface area contributed by atoms with Crippen LogP contribution in [0.4, 0.5) is 0 Å². The van der Waals surface area contributed by atoms with Gasteiger partial charge in [0.25, 0.3) is 0 Å². The number of nitrogens with zero attached hydrogens (tertiary/aromatic N) is 2. The molecule has 1 saturated carbocycles. The number of hydrogen-bond acceptors (Lipinski definition) is 2. The van der Waals surface area contributed by atoms with Gasteiger partial charge in [-0.05, 0) is 31.2 Å². The molecule has 1 aromatic heterocycles. The third-order valence-corrected chi connectivity index (χ3v) is 3.01. The molecular weight excluding hydrogens is 174 g/mol. The lowest BCUT2D eigenvalue weighted by atomic mass is 9.75. The standard InChI is InChI=1S/C11H19N3/c1-9(2)8-14-10(4-7-13-14)11(12)5-3-6-11/h4,7,9H,3,5-6,8,12H2,1-2H3. The van der Waals surface area contributed by atoms with Gasteiger partial charge in [0.05, 0.1) is 11.2 Å². The Morgan fingerprint density at radius 1 is 1.57 bits per heavy atom. The molecule has 3 nitrogen and oxygen atoms in total. The Hall–Kier alpha value is -0.830. The molecule has 14 heavy (non-hydrogen) atoms. The summed E-state index contributed by atoms with van der Waals surface area (Å²) in [4.78, 5) is 0. The van der Waals surface area contributed by atoms with Crippen LogP contribution in [0.2, 0.25) is 0 Å². The van der Waals surface area contributed by atoms with Crippen molar-refractivity contribution in [1.82, 2.24) is 9.78 Å². The highest BCUT2D eigenvalue weighted by molar-refractivity contribution is 5.17. The lowest BCUT2D eigenvalue weighted by molar-refractivity contribution is 0.231. The van der Waals surface area contributed by atoms with Crippen LogP contribution >= 0.6 is 0 Å². The fraction of sp³-hybridized carbons (Fsp3) is 0.727. The van der Waals surface area contributed by atoms with Gasteiger partial charge in [-0.3, -0.25) is 4.68 Å². The highest BCUT2D eigenvalue weighted by Crippen LogP contribution is 2.38. The molecule has 0 spiro atoms. The van der Waals surface area contributed by atoms with Crippen LogP contribution in [0.15, 0.2) is 12.3 Å². The molecule has 1 heterocycles. The lowest BCUT2D eigenvalue weighted by Gasteiger charge is -2.38. The first kappa shape index (κ1) is 9.71. The highest BCUT2D eigenvalue weighted by atomic mass is 15.3. The van der Waals surface area contributed by atoms with E-state index >= 15 is 0 Å². The molecule has 78 valence electrons. The van der Waals surface area contributed by atoms with Crippen LogP contribution in [0.25, 0.3) is 0 Å². The van der Waals surface area contributed by atoms with Gasteiger partial charge in [0.15, 0.2) is 0 Å². The molecule has 1 fully saturated rings. The maximum Gasteiger partial charge on any atom is 0.0582 e. The highest BCUT2D eigenvalue weighted by Gasteiger charge is 2.37. The fourth-order valence-corrected chi connectivity index (χ4v) is 2.06. The molecule has 1 aromatic rings. The van der Waals surface area contributed by atoms with Gasteiger partial charge in [0, 0.05) is 12.7 Å². The summed E-state index contributed by atoms with van der Waals surface area (Å²) in [7, 11) is 0. The van der Waals surface area contributed by atoms with Crippen molar-refractivity contribution < 1.29 is 0 Å². The van der Waals surface area contributed by atoms with Crippen molar-refractivity contribution in [3.8, 4) is 0 Å². The van der Waals surface area contributed by atoms with Gasteiger partial charge in [-0.1, -0.05) is 13.8 Å². The van der Waals surface area contributed by atoms with Gasteiger partial charge in [-0.25, -0.2) is 0 Å². The van der Waals surface area contributed by atoms with Crippen molar-refractivity contribution >= 4 is 0 Å². The summed E-state index contributed by atoms with van der Waals surface area (Å²) in [6.07, 6.45) is 5.33. The van der Waals surface area contributed by atoms with E-state index in [1.54, 1.807) is 0 Å². The summed E-state index contributed by atoms with van der Waals surface area (Å²) in [5, 5.41) is 4.34. The largest absolute Gasteiger partial charge is 0.320 e. The third-order valence-electron chi connectivity index (χ3n) is 3.01. The molecular formula is C11H19N3. The summed E-state index contributed by atoms with van der Waals surface area (Å²) < 4.78 is 2.07. The lowest BCUT2D eigenvalue weighted by Crippen LogP contribution is -2.45. The molecule has 0 saturated heterocycles. The molecule has 0 aromatic carbocycles. The minimum Gasteiger partial charge on any atom is -0.320 e. The van der Waals surface area contributed by atoms with E-state index in [0.717, 1.165) is 19.4 Å². The summed E-state index contributed by atoms with van der Waals surface area (Å²) in [6.45, 7) is 5.38. The van der Waals surface area contributed by atoms with Gasteiger partial charge in [0.2, 0.25) is 0 Å². The van der Waals surface area contributed by atoms with Gasteiger partial charge in [-0.2, -0.15) is 5.10 Å². The van der Waals surface area contributed by atoms with Gasteiger partial charge >= 0.3 is 0 Å². The Morgan fingerprint density at radius 3 is 2.79 bits per heavy atom. The molecule has 1 aliphatic carbocycles. The topological polar surface area (TPSA) is 43.8 Å². The van der Waals surface area contributed by atoms with Crippen LogP contribution < -0.4 is 5.73 Å². The Kier molecular flexibility index (Phi) is 2.35. The summed E-state index contributed by atoms with van der Waals surface area (Å²) >= 11 is 0. The van der Waals surface area contributed by atoms with E-state index in [2.05, 4.69) is 29.7 Å². The maximum atomic E-state index is 6.28. The van der Waals surface area contributed by atoms with E-state index in [0.29, 0.717) is 5.92 Å². The van der Waals surface area contributed by atoms with E-state index in [1.165, 1.54) is 12.1 Å². The predicted molar refractivity (Wildman–Crippen MR) is 56.8 cm³/mol. The minimum atomic E-state index is -0.0780. The van der Waals surface area contributed by atoms with Crippen molar-refractivity contribution in [2.24, 2.45) is 11.7 Å². The minimum absolute atomic E-state index is 0.0780. The van der Waals surface area contributed by atoms with E-state index < -0.39 is 0 Å². The molecule has 0 radical (unpaired) electrons. The predicted octanol–water partition coefficient (Wildman–Crippen LogP) is 1.88. The third kappa shape index (κ3) is 1.57. The normalized spacial score (nSPS) is 19.7. The first-order valence-corrected chi connectivity index (χ1v) is 5.43. The number of aromatic nitrogens is 2. The van der Waals surface area contributed by atoms with Crippen LogP contribution in [0, 0.1) is 5.92 Å². The van der Waals surface area contributed by atoms with Crippen molar-refractivity contribution in [2.45, 2.75) is 45.2 Å². The van der Waals surface area contributed by atoms with Crippen LogP contribution in [0.1, 0.15) is 38.8 Å². The van der Waals surface area contributed by atoms with Crippen LogP contribution in [0.5, 0.6) is 0 Å². The summed E-state index contributed by atoms with van der Waals surface area (Å²) in [5.41, 5.74) is 7.43. The van der Waals surface area contributed by atoms with Gasteiger partial charge in [0.1, 0.15) is 0 Å². The van der Waals surface area contributed by atoms with E-state index in [1.807, 2.05) is 6.20 Å². The van der Waals surface area contributed by atoms with Crippen molar-refractivity contribution in [2.75, 3.05) is 0 Å². The monoisotopic (exact) mass is 193 g/mol. The Bertz CT molecular complexity index is 310. The Balaban J connectivity index is 2.21. The average Bonchev–Trinajstić information content (AvgIpc) is 2.47. The second-order valence-electron chi connectivity index (χ2n) is 4.80. The Labute approximate surface area is 85.3 Å². The summed E-state index contributed by atoms with van der Waals surface area (Å²) in [6, 6.07) is 2.07. The molecule has 0 bridgehead atoms. The van der Waals surface area contributed by atoms with Crippen LogP contribution in [-0.4, -0.2) is 9.78 Å². The zero-order chi connectivity index (χ0) is 10.2. The molecule has 2 rings (SSSR count). The smallest absolute Gasteiger partial charge is 0.0582 e. The molecule has 0 amide bonds. The second-order valence-corrected chi connectivity index (χ2v) is 4.80. The summed E-state index contributed by atoms with van der Waals surface area (Å²) in [5.74, 6) is 0.623. The van der Waals surface area contributed by atoms with Crippen molar-refractivity contribution in [1.29, 1.82) is 0 Å². The Morgan fingerprint density at radius 2 is 2.29 bits per heavy atom. The fourth-order valence-electron chi connectivity index (χ4n) is 2.06. The van der Waals surface area contributed by atoms with Crippen molar-refractivity contribution in [3.63, 3.8) is 0 Å². The van der Waals surface area contributed by atoms with E-state index in [-0.39, 0.29) is 5.54 Å². The van der Waals surface area contributed by atoms with Gasteiger partial charge in [-0.15, -0.1) is 0 Å². The van der Waals surface area contributed by atoms with Crippen LogP contribution in [0.3, 0.4) is 0 Å². The first-order chi connectivity index (χ1) is 6.62. The number of nitrogens with two attached hydrogens (primary N) is 1. The molecule has 0 atom stereocenters. The maximum absolute atomic E-state index is 6.28. The first-order valence-electron chi connectivity index (χ1n) is 5.43. The van der Waals surface area contributed by atoms with Gasteiger partial charge < -0.3 is 5.73 Å². The second kappa shape index (κ2) is 3.39. The zero-order valence-corrected chi connectivity index (χ0v) is 9.03. The van der Waals surface area contributed by atoms with E-state index in [4.69, 9.17) is 5.73 Å². The number of rotatable bonds is 3. The molecule has 0 aliphatic heterocycles. The van der Waals surface area contributed by atoms with Crippen LogP contribution in [-0.2, 0) is 12.1 Å². The number of hydrogen-bond donors (Lipinski definition) is 1. The molecule has 2 N–H and O–H groups in total. The van der Waals surface area contributed by atoms with Crippen molar-refractivity contribution in [3.05, 3.63) is 18.0 Å². The molecule has 1 aliphatic rings.